The molecule has 0 radical (unpaired) electrons. The molecule has 0 amide bonds. The lowest BCUT2D eigenvalue weighted by Gasteiger charge is -2.10. The third-order valence-corrected chi connectivity index (χ3v) is 2.95. The lowest BCUT2D eigenvalue weighted by Crippen LogP contribution is -1.93. The zero-order valence-corrected chi connectivity index (χ0v) is 11.4. The van der Waals surface area contributed by atoms with E-state index in [2.05, 4.69) is 0 Å². The highest BCUT2D eigenvalue weighted by atomic mass is 16.5. The summed E-state index contributed by atoms with van der Waals surface area (Å²) in [6.07, 6.45) is 0.744. The number of phenols is 1. The van der Waals surface area contributed by atoms with Gasteiger partial charge in [0.15, 0.2) is 17.8 Å². The van der Waals surface area contributed by atoms with E-state index in [9.17, 15) is 9.90 Å². The van der Waals surface area contributed by atoms with E-state index >= 15 is 0 Å². The number of phenolic OH excluding ortho intramolecular Hbond substituents is 1. The number of hydrogen-bond donors (Lipinski definition) is 1. The van der Waals surface area contributed by atoms with Gasteiger partial charge in [0, 0.05) is 5.56 Å². The molecule has 0 aromatic heterocycles. The third-order valence-electron chi connectivity index (χ3n) is 2.95. The quantitative estimate of drug-likeness (QED) is 0.849. The largest absolute Gasteiger partial charge is 0.504 e. The van der Waals surface area contributed by atoms with Crippen LogP contribution in [0, 0.1) is 0 Å². The molecule has 2 rings (SSSR count). The molecule has 0 saturated carbocycles. The fourth-order valence-corrected chi connectivity index (χ4v) is 1.99. The first-order chi connectivity index (χ1) is 9.69. The van der Waals surface area contributed by atoms with E-state index in [1.165, 1.54) is 19.2 Å². The van der Waals surface area contributed by atoms with Crippen LogP contribution >= 0.6 is 0 Å². The summed E-state index contributed by atoms with van der Waals surface area (Å²) in [7, 11) is 1.44. The molecule has 0 heterocycles. The highest BCUT2D eigenvalue weighted by molar-refractivity contribution is 5.89. The van der Waals surface area contributed by atoms with E-state index in [0.29, 0.717) is 17.7 Å². The van der Waals surface area contributed by atoms with Crippen LogP contribution in [0.3, 0.4) is 0 Å². The molecular formula is C16H16O4. The van der Waals surface area contributed by atoms with Gasteiger partial charge < -0.3 is 14.6 Å². The molecule has 0 bridgehead atoms. The summed E-state index contributed by atoms with van der Waals surface area (Å²) in [6.45, 7) is 2.52. The Morgan fingerprint density at radius 2 is 1.90 bits per heavy atom. The number of aldehydes is 1. The average molecular weight is 272 g/mol. The number of rotatable bonds is 5. The molecule has 0 aliphatic rings. The predicted molar refractivity (Wildman–Crippen MR) is 76.7 cm³/mol. The number of benzene rings is 2. The van der Waals surface area contributed by atoms with Crippen molar-refractivity contribution in [3.8, 4) is 28.4 Å². The number of hydrogen-bond acceptors (Lipinski definition) is 4. The Kier molecular flexibility index (Phi) is 4.25. The van der Waals surface area contributed by atoms with Gasteiger partial charge in [-0.05, 0) is 42.3 Å². The normalized spacial score (nSPS) is 10.1. The van der Waals surface area contributed by atoms with E-state index in [1.54, 1.807) is 0 Å². The zero-order chi connectivity index (χ0) is 14.5. The van der Waals surface area contributed by atoms with Crippen LogP contribution in [0.25, 0.3) is 11.1 Å². The molecule has 0 aliphatic carbocycles. The Labute approximate surface area is 117 Å². The summed E-state index contributed by atoms with van der Waals surface area (Å²) in [6, 6.07) is 10.4. The molecule has 4 nitrogen and oxygen atoms in total. The van der Waals surface area contributed by atoms with Crippen molar-refractivity contribution < 1.29 is 19.4 Å². The summed E-state index contributed by atoms with van der Waals surface area (Å²) in [5.74, 6) is 1.05. The molecule has 4 heteroatoms. The number of methoxy groups -OCH3 is 1. The first-order valence-corrected chi connectivity index (χ1v) is 6.29. The van der Waals surface area contributed by atoms with E-state index in [0.717, 1.165) is 17.6 Å². The second kappa shape index (κ2) is 6.10. The maximum atomic E-state index is 11.2. The van der Waals surface area contributed by atoms with Crippen LogP contribution < -0.4 is 9.47 Å². The standard InChI is InChI=1S/C16H16O4/c1-3-20-13-6-4-11(5-7-13)14-9-15(18)16(19-2)8-12(14)10-17/h4-10,18H,3H2,1-2H3. The molecule has 20 heavy (non-hydrogen) atoms. The average Bonchev–Trinajstić information content (AvgIpc) is 2.48. The van der Waals surface area contributed by atoms with Crippen LogP contribution in [0.5, 0.6) is 17.2 Å². The number of aromatic hydroxyl groups is 1. The lowest BCUT2D eigenvalue weighted by molar-refractivity contribution is 0.112. The van der Waals surface area contributed by atoms with Crippen molar-refractivity contribution in [2.45, 2.75) is 6.92 Å². The molecule has 2 aromatic carbocycles. The van der Waals surface area contributed by atoms with Gasteiger partial charge in [-0.25, -0.2) is 0 Å². The molecular weight excluding hydrogens is 256 g/mol. The van der Waals surface area contributed by atoms with Crippen molar-refractivity contribution in [3.63, 3.8) is 0 Å². The molecule has 0 spiro atoms. The van der Waals surface area contributed by atoms with Crippen molar-refractivity contribution in [2.75, 3.05) is 13.7 Å². The van der Waals surface area contributed by atoms with Crippen molar-refractivity contribution >= 4 is 6.29 Å². The molecule has 104 valence electrons. The fourth-order valence-electron chi connectivity index (χ4n) is 1.99. The van der Waals surface area contributed by atoms with Gasteiger partial charge in [-0.1, -0.05) is 12.1 Å². The number of ether oxygens (including phenoxy) is 2. The van der Waals surface area contributed by atoms with Gasteiger partial charge >= 0.3 is 0 Å². The summed E-state index contributed by atoms with van der Waals surface area (Å²) >= 11 is 0. The zero-order valence-electron chi connectivity index (χ0n) is 11.4. The van der Waals surface area contributed by atoms with Crippen LogP contribution in [0.4, 0.5) is 0 Å². The van der Waals surface area contributed by atoms with E-state index in [4.69, 9.17) is 9.47 Å². The second-order valence-electron chi connectivity index (χ2n) is 4.19. The molecule has 0 fully saturated rings. The minimum atomic E-state index is 0.00184. The molecule has 2 aromatic rings. The predicted octanol–water partition coefficient (Wildman–Crippen LogP) is 3.28. The minimum Gasteiger partial charge on any atom is -0.504 e. The summed E-state index contributed by atoms with van der Waals surface area (Å²) in [4.78, 5) is 11.2. The van der Waals surface area contributed by atoms with Crippen molar-refractivity contribution in [1.29, 1.82) is 0 Å². The van der Waals surface area contributed by atoms with E-state index in [-0.39, 0.29) is 11.5 Å². The Balaban J connectivity index is 2.45. The van der Waals surface area contributed by atoms with Gasteiger partial charge in [0.25, 0.3) is 0 Å². The summed E-state index contributed by atoms with van der Waals surface area (Å²) < 4.78 is 10.4. The molecule has 0 aliphatic heterocycles. The number of carbonyl (C=O) groups excluding carboxylic acids is 1. The van der Waals surface area contributed by atoms with Gasteiger partial charge in [0.1, 0.15) is 5.75 Å². The van der Waals surface area contributed by atoms with Crippen LogP contribution in [-0.2, 0) is 0 Å². The monoisotopic (exact) mass is 272 g/mol. The maximum Gasteiger partial charge on any atom is 0.161 e. The van der Waals surface area contributed by atoms with Gasteiger partial charge in [-0.2, -0.15) is 0 Å². The highest BCUT2D eigenvalue weighted by Crippen LogP contribution is 2.34. The highest BCUT2D eigenvalue weighted by Gasteiger charge is 2.11. The minimum absolute atomic E-state index is 0.00184. The SMILES string of the molecule is CCOc1ccc(-c2cc(O)c(OC)cc2C=O)cc1. The first-order valence-electron chi connectivity index (χ1n) is 6.29. The number of carbonyl (C=O) groups is 1. The third kappa shape index (κ3) is 2.74. The van der Waals surface area contributed by atoms with E-state index < -0.39 is 0 Å². The van der Waals surface area contributed by atoms with Gasteiger partial charge in [-0.15, -0.1) is 0 Å². The smallest absolute Gasteiger partial charge is 0.161 e. The van der Waals surface area contributed by atoms with Crippen LogP contribution in [0.15, 0.2) is 36.4 Å². The Morgan fingerprint density at radius 1 is 1.20 bits per heavy atom. The Bertz CT molecular complexity index is 603. The van der Waals surface area contributed by atoms with Crippen molar-refractivity contribution in [2.24, 2.45) is 0 Å². The second-order valence-corrected chi connectivity index (χ2v) is 4.19. The summed E-state index contributed by atoms with van der Waals surface area (Å²) in [5.41, 5.74) is 1.94. The van der Waals surface area contributed by atoms with Gasteiger partial charge in [0.2, 0.25) is 0 Å². The van der Waals surface area contributed by atoms with Gasteiger partial charge in [0.05, 0.1) is 13.7 Å². The van der Waals surface area contributed by atoms with Crippen molar-refractivity contribution in [3.05, 3.63) is 42.0 Å². The molecule has 1 N–H and O–H groups in total. The Hall–Kier alpha value is -2.49. The van der Waals surface area contributed by atoms with Crippen molar-refractivity contribution in [1.82, 2.24) is 0 Å². The first kappa shape index (κ1) is 13.9. The molecule has 0 saturated heterocycles. The summed E-state index contributed by atoms with van der Waals surface area (Å²) in [5, 5.41) is 9.85. The molecule has 0 unspecified atom stereocenters. The lowest BCUT2D eigenvalue weighted by atomic mass is 9.99. The van der Waals surface area contributed by atoms with E-state index in [1.807, 2.05) is 31.2 Å². The Morgan fingerprint density at radius 3 is 2.45 bits per heavy atom. The van der Waals surface area contributed by atoms with Gasteiger partial charge in [-0.3, -0.25) is 4.79 Å². The van der Waals surface area contributed by atoms with Crippen LogP contribution in [0.2, 0.25) is 0 Å². The maximum absolute atomic E-state index is 11.2. The van der Waals surface area contributed by atoms with Crippen LogP contribution in [0.1, 0.15) is 17.3 Å². The fraction of sp³-hybridized carbons (Fsp3) is 0.188. The molecule has 0 atom stereocenters. The topological polar surface area (TPSA) is 55.8 Å². The van der Waals surface area contributed by atoms with Crippen LogP contribution in [-0.4, -0.2) is 25.1 Å².